The summed E-state index contributed by atoms with van der Waals surface area (Å²) in [6, 6.07) is 8.01. The summed E-state index contributed by atoms with van der Waals surface area (Å²) in [6.07, 6.45) is 0.914. The van der Waals surface area contributed by atoms with Crippen LogP contribution in [-0.2, 0) is 6.18 Å². The molecule has 1 aromatic carbocycles. The molecule has 1 saturated carbocycles. The lowest BCUT2D eigenvalue weighted by Gasteiger charge is -2.39. The molecule has 3 heterocycles. The lowest BCUT2D eigenvalue weighted by molar-refractivity contribution is -0.137. The quantitative estimate of drug-likeness (QED) is 0.527. The number of rotatable bonds is 4. The van der Waals surface area contributed by atoms with Crippen molar-refractivity contribution in [3.8, 4) is 11.4 Å². The van der Waals surface area contributed by atoms with Gasteiger partial charge < -0.3 is 9.80 Å². The molecule has 1 saturated heterocycles. The number of aromatic nitrogens is 3. The van der Waals surface area contributed by atoms with E-state index >= 15 is 0 Å². The number of amides is 1. The molecule has 176 valence electrons. The summed E-state index contributed by atoms with van der Waals surface area (Å²) in [5.41, 5.74) is -0.561. The Balaban J connectivity index is 1.41. The maximum Gasteiger partial charge on any atom is 0.417 e. The summed E-state index contributed by atoms with van der Waals surface area (Å²) >= 11 is 0. The number of alkyl halides is 3. The van der Waals surface area contributed by atoms with Crippen molar-refractivity contribution >= 4 is 11.7 Å². The minimum absolute atomic E-state index is 0.0604. The summed E-state index contributed by atoms with van der Waals surface area (Å²) < 4.78 is 53.5. The summed E-state index contributed by atoms with van der Waals surface area (Å²) in [6.45, 7) is 0.542. The molecule has 3 atom stereocenters. The van der Waals surface area contributed by atoms with Crippen LogP contribution >= 0.6 is 0 Å². The number of halogens is 4. The van der Waals surface area contributed by atoms with Gasteiger partial charge in [-0.25, -0.2) is 19.3 Å². The van der Waals surface area contributed by atoms with E-state index in [1.165, 1.54) is 30.6 Å². The minimum Gasteiger partial charge on any atom is -0.355 e. The predicted octanol–water partition coefficient (Wildman–Crippen LogP) is 4.44. The van der Waals surface area contributed by atoms with Crippen LogP contribution in [0.1, 0.15) is 28.8 Å². The molecule has 1 aliphatic heterocycles. The highest BCUT2D eigenvalue weighted by atomic mass is 19.4. The second-order valence-electron chi connectivity index (χ2n) is 8.68. The molecule has 34 heavy (non-hydrogen) atoms. The summed E-state index contributed by atoms with van der Waals surface area (Å²) in [5, 5.41) is 0. The molecule has 1 amide bonds. The Morgan fingerprint density at radius 3 is 2.47 bits per heavy atom. The summed E-state index contributed by atoms with van der Waals surface area (Å²) in [7, 11) is 1.77. The Morgan fingerprint density at radius 1 is 1.06 bits per heavy atom. The molecule has 2 bridgehead atoms. The van der Waals surface area contributed by atoms with Crippen LogP contribution in [0.4, 0.5) is 23.4 Å². The van der Waals surface area contributed by atoms with Gasteiger partial charge in [-0.2, -0.15) is 13.2 Å². The van der Waals surface area contributed by atoms with Gasteiger partial charge in [-0.05, 0) is 49.1 Å². The van der Waals surface area contributed by atoms with E-state index in [4.69, 9.17) is 0 Å². The highest BCUT2D eigenvalue weighted by Gasteiger charge is 2.49. The van der Waals surface area contributed by atoms with E-state index in [0.29, 0.717) is 12.4 Å². The average molecular weight is 471 g/mol. The number of pyridine rings is 1. The average Bonchev–Trinajstić information content (AvgIpc) is 3.44. The van der Waals surface area contributed by atoms with Crippen LogP contribution in [0.5, 0.6) is 0 Å². The first-order valence-corrected chi connectivity index (χ1v) is 10.9. The molecule has 6 nitrogen and oxygen atoms in total. The van der Waals surface area contributed by atoms with Gasteiger partial charge >= 0.3 is 6.18 Å². The van der Waals surface area contributed by atoms with Gasteiger partial charge in [0.05, 0.1) is 28.8 Å². The first kappa shape index (κ1) is 22.2. The van der Waals surface area contributed by atoms with Crippen molar-refractivity contribution in [2.45, 2.75) is 31.1 Å². The zero-order chi connectivity index (χ0) is 24.0. The molecule has 10 heteroatoms. The van der Waals surface area contributed by atoms with E-state index < -0.39 is 17.6 Å². The number of benzene rings is 1. The van der Waals surface area contributed by atoms with E-state index in [9.17, 15) is 22.4 Å². The van der Waals surface area contributed by atoms with E-state index in [0.717, 1.165) is 25.1 Å². The van der Waals surface area contributed by atoms with E-state index in [-0.39, 0.29) is 40.9 Å². The first-order chi connectivity index (χ1) is 16.2. The second-order valence-corrected chi connectivity index (χ2v) is 8.68. The molecule has 2 aliphatic rings. The number of carbonyl (C=O) groups is 1. The van der Waals surface area contributed by atoms with Gasteiger partial charge in [-0.15, -0.1) is 0 Å². The van der Waals surface area contributed by atoms with Gasteiger partial charge in [0.25, 0.3) is 5.91 Å². The molecular formula is C24H21F4N5O. The molecule has 3 aromatic rings. The second kappa shape index (κ2) is 8.34. The van der Waals surface area contributed by atoms with E-state index in [1.807, 2.05) is 4.90 Å². The highest BCUT2D eigenvalue weighted by Crippen LogP contribution is 2.42. The number of likely N-dealkylation sites (N-methyl/N-ethyl adjacent to an activating group) is 1. The third-order valence-electron chi connectivity index (χ3n) is 6.68. The predicted molar refractivity (Wildman–Crippen MR) is 116 cm³/mol. The fourth-order valence-electron chi connectivity index (χ4n) is 5.09. The van der Waals surface area contributed by atoms with Crippen molar-refractivity contribution in [1.29, 1.82) is 0 Å². The van der Waals surface area contributed by atoms with Crippen molar-refractivity contribution in [1.82, 2.24) is 19.9 Å². The largest absolute Gasteiger partial charge is 0.417 e. The van der Waals surface area contributed by atoms with E-state index in [1.54, 1.807) is 24.1 Å². The number of anilines is 1. The molecule has 2 fully saturated rings. The van der Waals surface area contributed by atoms with Crippen molar-refractivity contribution in [2.24, 2.45) is 5.92 Å². The number of hydrogen-bond donors (Lipinski definition) is 0. The fraction of sp³-hybridized carbons (Fsp3) is 0.333. The zero-order valence-corrected chi connectivity index (χ0v) is 18.2. The molecule has 0 spiro atoms. The van der Waals surface area contributed by atoms with Gasteiger partial charge in [-0.1, -0.05) is 6.07 Å². The minimum atomic E-state index is -4.45. The molecule has 5 rings (SSSR count). The van der Waals surface area contributed by atoms with Crippen LogP contribution in [0, 0.1) is 11.7 Å². The Hall–Kier alpha value is -3.56. The number of fused-ring (bicyclic) bond motifs is 2. The normalized spacial score (nSPS) is 21.7. The van der Waals surface area contributed by atoms with Gasteiger partial charge in [0, 0.05) is 32.2 Å². The molecule has 1 aliphatic carbocycles. The standard InChI is InChI=1S/C24H21F4N5O/c1-32(20-7-6-15(12-31-20)24(26,27)28)18-10-14-11-19(18)33(13-14)23(34)16-4-2-5-17(25)21(16)22-29-8-3-9-30-22/h2-9,12,14,18-19H,10-11,13H2,1H3/t14-,18?,19?/m0/s1. The topological polar surface area (TPSA) is 62.2 Å². The van der Waals surface area contributed by atoms with Crippen LogP contribution in [0.2, 0.25) is 0 Å². The number of nitrogens with zero attached hydrogens (tertiary/aromatic N) is 5. The fourth-order valence-corrected chi connectivity index (χ4v) is 5.09. The van der Waals surface area contributed by atoms with Crippen molar-refractivity contribution in [2.75, 3.05) is 18.5 Å². The Bertz CT molecular complexity index is 1200. The van der Waals surface area contributed by atoms with Crippen molar-refractivity contribution in [3.05, 3.63) is 71.9 Å². The van der Waals surface area contributed by atoms with Gasteiger partial charge in [0.1, 0.15) is 11.6 Å². The molecule has 0 N–H and O–H groups in total. The van der Waals surface area contributed by atoms with Crippen molar-refractivity contribution < 1.29 is 22.4 Å². The number of likely N-dealkylation sites (tertiary alicyclic amines) is 1. The first-order valence-electron chi connectivity index (χ1n) is 10.9. The third-order valence-corrected chi connectivity index (χ3v) is 6.68. The number of hydrogen-bond acceptors (Lipinski definition) is 5. The van der Waals surface area contributed by atoms with Crippen LogP contribution in [0.15, 0.2) is 55.0 Å². The number of carbonyl (C=O) groups excluding carboxylic acids is 1. The zero-order valence-electron chi connectivity index (χ0n) is 18.2. The monoisotopic (exact) mass is 471 g/mol. The lowest BCUT2D eigenvalue weighted by Crippen LogP contribution is -2.51. The van der Waals surface area contributed by atoms with Crippen molar-refractivity contribution in [3.63, 3.8) is 0 Å². The Kier molecular flexibility index (Phi) is 5.45. The lowest BCUT2D eigenvalue weighted by atomic mass is 10.0. The van der Waals surface area contributed by atoms with Crippen LogP contribution in [-0.4, -0.2) is 51.4 Å². The third kappa shape index (κ3) is 3.86. The maximum atomic E-state index is 14.8. The SMILES string of the molecule is CN(c1ccc(C(F)(F)F)cn1)C1C[C@H]2CC1N(C(=O)c1cccc(F)c1-c1ncccn1)C2. The molecular weight excluding hydrogens is 450 g/mol. The van der Waals surface area contributed by atoms with Crippen LogP contribution in [0.25, 0.3) is 11.4 Å². The smallest absolute Gasteiger partial charge is 0.355 e. The molecule has 0 radical (unpaired) electrons. The van der Waals surface area contributed by atoms with Crippen LogP contribution in [0.3, 0.4) is 0 Å². The Labute approximate surface area is 193 Å². The maximum absolute atomic E-state index is 14.8. The highest BCUT2D eigenvalue weighted by molar-refractivity contribution is 6.00. The van der Waals surface area contributed by atoms with E-state index in [2.05, 4.69) is 15.0 Å². The summed E-state index contributed by atoms with van der Waals surface area (Å²) in [4.78, 5) is 29.4. The Morgan fingerprint density at radius 2 is 1.82 bits per heavy atom. The number of piperidine rings is 1. The summed E-state index contributed by atoms with van der Waals surface area (Å²) in [5.74, 6) is -0.101. The van der Waals surface area contributed by atoms with Crippen LogP contribution < -0.4 is 4.90 Å². The van der Waals surface area contributed by atoms with Gasteiger partial charge in [-0.3, -0.25) is 4.79 Å². The van der Waals surface area contributed by atoms with Gasteiger partial charge in [0.2, 0.25) is 0 Å². The van der Waals surface area contributed by atoms with Gasteiger partial charge in [0.15, 0.2) is 5.82 Å². The molecule has 2 aromatic heterocycles. The molecule has 2 unspecified atom stereocenters.